The van der Waals surface area contributed by atoms with E-state index in [9.17, 15) is 9.59 Å². The van der Waals surface area contributed by atoms with Gasteiger partial charge in [0, 0.05) is 5.56 Å². The number of ether oxygens (including phenoxy) is 1. The van der Waals surface area contributed by atoms with Gasteiger partial charge in [0.2, 0.25) is 0 Å². The molecular formula is C26H22ClN3O5. The topological polar surface area (TPSA) is 125 Å². The second-order valence-electron chi connectivity index (χ2n) is 8.62. The lowest BCUT2D eigenvalue weighted by atomic mass is 9.87. The zero-order valence-corrected chi connectivity index (χ0v) is 19.3. The van der Waals surface area contributed by atoms with Crippen molar-refractivity contribution in [3.05, 3.63) is 65.2 Å². The number of pyridine rings is 1. The quantitative estimate of drug-likeness (QED) is 0.317. The average molecular weight is 492 g/mol. The molecule has 2 heterocycles. The van der Waals surface area contributed by atoms with E-state index in [1.807, 2.05) is 24.3 Å². The molecule has 1 fully saturated rings. The molecule has 1 aliphatic carbocycles. The van der Waals surface area contributed by atoms with E-state index in [4.69, 9.17) is 26.6 Å². The summed E-state index contributed by atoms with van der Waals surface area (Å²) in [6, 6.07) is 16.5. The third-order valence-corrected chi connectivity index (χ3v) is 6.62. The molecule has 0 amide bonds. The smallest absolute Gasteiger partial charge is 0.335 e. The third-order valence-electron chi connectivity index (χ3n) is 6.33. The maximum Gasteiger partial charge on any atom is 0.335 e. The monoisotopic (exact) mass is 491 g/mol. The highest BCUT2D eigenvalue weighted by atomic mass is 35.5. The van der Waals surface area contributed by atoms with E-state index < -0.39 is 11.9 Å². The first kappa shape index (κ1) is 22.9. The minimum atomic E-state index is -0.957. The van der Waals surface area contributed by atoms with Crippen LogP contribution in [0.4, 0.5) is 0 Å². The van der Waals surface area contributed by atoms with Crippen molar-refractivity contribution in [2.75, 3.05) is 0 Å². The lowest BCUT2D eigenvalue weighted by Crippen LogP contribution is -2.28. The zero-order chi connectivity index (χ0) is 24.5. The molecule has 0 atom stereocenters. The normalized spacial score (nSPS) is 17.9. The van der Waals surface area contributed by atoms with Crippen LogP contribution in [-0.2, 0) is 4.79 Å². The largest absolute Gasteiger partial charge is 0.481 e. The number of aromatic nitrogens is 3. The van der Waals surface area contributed by atoms with E-state index in [0.29, 0.717) is 53.6 Å². The average Bonchev–Trinajstić information content (AvgIpc) is 3.25. The molecule has 8 nitrogen and oxygen atoms in total. The van der Waals surface area contributed by atoms with E-state index >= 15 is 0 Å². The van der Waals surface area contributed by atoms with Crippen LogP contribution >= 0.6 is 11.6 Å². The molecule has 0 unspecified atom stereocenters. The number of hydrogen-bond acceptors (Lipinski definition) is 5. The van der Waals surface area contributed by atoms with Crippen LogP contribution in [0.3, 0.4) is 0 Å². The molecule has 3 N–H and O–H groups in total. The molecule has 1 saturated carbocycles. The van der Waals surface area contributed by atoms with Crippen molar-refractivity contribution in [2.45, 2.75) is 31.8 Å². The highest BCUT2D eigenvalue weighted by Crippen LogP contribution is 2.32. The number of nitrogens with zero attached hydrogens (tertiary/aromatic N) is 2. The van der Waals surface area contributed by atoms with E-state index in [2.05, 4.69) is 15.0 Å². The van der Waals surface area contributed by atoms with Crippen molar-refractivity contribution < 1.29 is 24.5 Å². The summed E-state index contributed by atoms with van der Waals surface area (Å²) in [5.74, 6) is -2.01. The van der Waals surface area contributed by atoms with E-state index in [0.717, 1.165) is 16.7 Å². The van der Waals surface area contributed by atoms with E-state index in [1.54, 1.807) is 30.3 Å². The number of halogens is 1. The minimum absolute atomic E-state index is 0.0850. The maximum absolute atomic E-state index is 11.1. The summed E-state index contributed by atoms with van der Waals surface area (Å²) in [5.41, 5.74) is 4.65. The van der Waals surface area contributed by atoms with Gasteiger partial charge in [0.15, 0.2) is 5.65 Å². The molecule has 35 heavy (non-hydrogen) atoms. The van der Waals surface area contributed by atoms with Gasteiger partial charge in [-0.15, -0.1) is 0 Å². The Balaban J connectivity index is 1.33. The van der Waals surface area contributed by atoms with Gasteiger partial charge >= 0.3 is 11.9 Å². The number of H-pyrrole nitrogens is 1. The molecule has 178 valence electrons. The first-order valence-electron chi connectivity index (χ1n) is 11.3. The Morgan fingerprint density at radius 3 is 2.09 bits per heavy atom. The predicted molar refractivity (Wildman–Crippen MR) is 131 cm³/mol. The van der Waals surface area contributed by atoms with Crippen molar-refractivity contribution in [1.82, 2.24) is 15.0 Å². The van der Waals surface area contributed by atoms with Gasteiger partial charge < -0.3 is 14.9 Å². The predicted octanol–water partition coefficient (Wildman–Crippen LogP) is 5.67. The van der Waals surface area contributed by atoms with Gasteiger partial charge in [-0.3, -0.25) is 9.78 Å². The Hall–Kier alpha value is -3.91. The van der Waals surface area contributed by atoms with Crippen LogP contribution in [0, 0.1) is 5.92 Å². The van der Waals surface area contributed by atoms with Gasteiger partial charge in [-0.25, -0.2) is 9.78 Å². The number of carbonyl (C=O) groups is 2. The fourth-order valence-electron chi connectivity index (χ4n) is 4.36. The standard InChI is InChI=1S/C26H22ClN3O5/c27-20-13-21-23(30-26(28-21)35-19-11-9-18(10-12-19)25(33)34)29-22(20)16-5-1-14(2-6-16)15-3-7-17(8-4-15)24(31)32/h1-8,13,18-19H,9-12H2,(H,31,32)(H,33,34)(H,28,29,30)/t18-,19-. The number of aromatic amines is 1. The molecule has 0 bridgehead atoms. The van der Waals surface area contributed by atoms with Crippen molar-refractivity contribution in [2.24, 2.45) is 5.92 Å². The minimum Gasteiger partial charge on any atom is -0.481 e. The molecule has 0 aliphatic heterocycles. The first-order valence-corrected chi connectivity index (χ1v) is 11.6. The summed E-state index contributed by atoms with van der Waals surface area (Å²) in [6.45, 7) is 0. The van der Waals surface area contributed by atoms with Gasteiger partial charge in [0.25, 0.3) is 6.01 Å². The second-order valence-corrected chi connectivity index (χ2v) is 9.03. The number of imidazole rings is 1. The number of carboxylic acid groups (broad SMARTS) is 2. The van der Waals surface area contributed by atoms with Gasteiger partial charge in [-0.05, 0) is 55.0 Å². The van der Waals surface area contributed by atoms with Gasteiger partial charge in [-0.2, -0.15) is 4.98 Å². The van der Waals surface area contributed by atoms with Gasteiger partial charge in [0.1, 0.15) is 11.6 Å². The Morgan fingerprint density at radius 1 is 0.886 bits per heavy atom. The Bertz CT molecular complexity index is 1390. The van der Waals surface area contributed by atoms with Crippen LogP contribution in [0.25, 0.3) is 33.5 Å². The Morgan fingerprint density at radius 2 is 1.49 bits per heavy atom. The molecule has 1 aliphatic rings. The number of nitrogens with one attached hydrogen (secondary N) is 1. The number of carboxylic acids is 2. The summed E-state index contributed by atoms with van der Waals surface area (Å²) in [6.07, 6.45) is 2.43. The number of hydrogen-bond donors (Lipinski definition) is 3. The highest BCUT2D eigenvalue weighted by Gasteiger charge is 2.27. The number of benzene rings is 2. The highest BCUT2D eigenvalue weighted by molar-refractivity contribution is 6.33. The van der Waals surface area contributed by atoms with Crippen molar-refractivity contribution in [3.63, 3.8) is 0 Å². The van der Waals surface area contributed by atoms with Gasteiger partial charge in [-0.1, -0.05) is 48.0 Å². The molecule has 0 saturated heterocycles. The van der Waals surface area contributed by atoms with Crippen LogP contribution in [0.15, 0.2) is 54.6 Å². The van der Waals surface area contributed by atoms with Crippen molar-refractivity contribution in [1.29, 1.82) is 0 Å². The molecule has 4 aromatic rings. The molecule has 2 aromatic carbocycles. The summed E-state index contributed by atoms with van der Waals surface area (Å²) in [4.78, 5) is 34.4. The van der Waals surface area contributed by atoms with E-state index in [-0.39, 0.29) is 17.6 Å². The summed E-state index contributed by atoms with van der Waals surface area (Å²) < 4.78 is 5.96. The number of aromatic carboxylic acids is 1. The van der Waals surface area contributed by atoms with Crippen molar-refractivity contribution >= 4 is 34.7 Å². The zero-order valence-electron chi connectivity index (χ0n) is 18.6. The molecule has 2 aromatic heterocycles. The van der Waals surface area contributed by atoms with E-state index in [1.165, 1.54) is 0 Å². The second kappa shape index (κ2) is 9.38. The number of fused-ring (bicyclic) bond motifs is 1. The fraction of sp³-hybridized carbons (Fsp3) is 0.231. The van der Waals surface area contributed by atoms with Crippen LogP contribution in [0.5, 0.6) is 6.01 Å². The maximum atomic E-state index is 11.1. The summed E-state index contributed by atoms with van der Waals surface area (Å²) in [7, 11) is 0. The molecule has 5 rings (SSSR count). The fourth-order valence-corrected chi connectivity index (χ4v) is 4.62. The summed E-state index contributed by atoms with van der Waals surface area (Å²) >= 11 is 6.52. The Labute approximate surface area is 205 Å². The molecule has 0 spiro atoms. The molecule has 0 radical (unpaired) electrons. The SMILES string of the molecule is O=C(O)c1ccc(-c2ccc(-c3nc4[nH]c(O[C@H]5CC[C@H](C(=O)O)CC5)nc4cc3Cl)cc2)cc1. The Kier molecular flexibility index (Phi) is 6.13. The summed E-state index contributed by atoms with van der Waals surface area (Å²) in [5, 5.41) is 18.7. The first-order chi connectivity index (χ1) is 16.9. The van der Waals surface area contributed by atoms with Crippen LogP contribution < -0.4 is 4.74 Å². The van der Waals surface area contributed by atoms with Crippen LogP contribution in [0.2, 0.25) is 5.02 Å². The van der Waals surface area contributed by atoms with Crippen molar-refractivity contribution in [3.8, 4) is 28.4 Å². The third kappa shape index (κ3) is 4.83. The van der Waals surface area contributed by atoms with Crippen LogP contribution in [0.1, 0.15) is 36.0 Å². The van der Waals surface area contributed by atoms with Gasteiger partial charge in [0.05, 0.1) is 22.2 Å². The lowest BCUT2D eigenvalue weighted by Gasteiger charge is -2.25. The molecule has 9 heteroatoms. The number of rotatable bonds is 6. The van der Waals surface area contributed by atoms with Crippen LogP contribution in [-0.4, -0.2) is 43.2 Å². The number of aliphatic carboxylic acids is 1. The lowest BCUT2D eigenvalue weighted by molar-refractivity contribution is -0.143. The molecular weight excluding hydrogens is 470 g/mol.